The number of hydrogen-bond donors (Lipinski definition) is 2. The molecule has 2 aromatic rings. The molecule has 3 N–H and O–H groups in total. The van der Waals surface area contributed by atoms with Crippen LogP contribution in [0.3, 0.4) is 0 Å². The second-order valence-electron chi connectivity index (χ2n) is 4.42. The largest absolute Gasteiger partial charge is 0.488 e. The smallest absolute Gasteiger partial charge is 0.300 e. The van der Waals surface area contributed by atoms with Crippen molar-refractivity contribution in [2.24, 2.45) is 5.84 Å². The van der Waals surface area contributed by atoms with Crippen molar-refractivity contribution in [3.05, 3.63) is 53.0 Å². The highest BCUT2D eigenvalue weighted by molar-refractivity contribution is 5.91. The van der Waals surface area contributed by atoms with Gasteiger partial charge in [0.05, 0.1) is 0 Å². The van der Waals surface area contributed by atoms with Crippen LogP contribution in [-0.4, -0.2) is 5.91 Å². The summed E-state index contributed by atoms with van der Waals surface area (Å²) in [6, 6.07) is 9.53. The average molecular weight is 274 g/mol. The van der Waals surface area contributed by atoms with Crippen molar-refractivity contribution >= 4 is 5.91 Å². The Morgan fingerprint density at radius 2 is 2.10 bits per heavy atom. The van der Waals surface area contributed by atoms with Crippen LogP contribution in [0.25, 0.3) is 0 Å². The van der Waals surface area contributed by atoms with Crippen molar-refractivity contribution < 1.29 is 13.9 Å². The quantitative estimate of drug-likeness (QED) is 0.498. The van der Waals surface area contributed by atoms with Crippen LogP contribution in [0.5, 0.6) is 5.75 Å². The first-order chi connectivity index (χ1) is 9.65. The van der Waals surface area contributed by atoms with Crippen LogP contribution in [0.1, 0.15) is 34.4 Å². The van der Waals surface area contributed by atoms with Gasteiger partial charge in [0.2, 0.25) is 0 Å². The number of hydrazine groups is 1. The maximum atomic E-state index is 11.4. The van der Waals surface area contributed by atoms with Gasteiger partial charge in [-0.25, -0.2) is 5.84 Å². The van der Waals surface area contributed by atoms with E-state index in [0.29, 0.717) is 12.4 Å². The van der Waals surface area contributed by atoms with E-state index in [2.05, 4.69) is 6.92 Å². The van der Waals surface area contributed by atoms with Crippen LogP contribution < -0.4 is 16.0 Å². The summed E-state index contributed by atoms with van der Waals surface area (Å²) in [5.41, 5.74) is 4.02. The molecule has 0 radical (unpaired) electrons. The van der Waals surface area contributed by atoms with Crippen LogP contribution in [-0.2, 0) is 13.0 Å². The third-order valence-electron chi connectivity index (χ3n) is 3.11. The first kappa shape index (κ1) is 14.1. The number of furan rings is 1. The van der Waals surface area contributed by atoms with Crippen molar-refractivity contribution in [2.45, 2.75) is 26.9 Å². The van der Waals surface area contributed by atoms with Gasteiger partial charge in [0.25, 0.3) is 0 Å². The number of para-hydroxylation sites is 1. The Labute approximate surface area is 117 Å². The molecule has 0 fully saturated rings. The molecular formula is C15H18N2O3. The molecule has 2 rings (SSSR count). The molecule has 0 aliphatic carbocycles. The Morgan fingerprint density at radius 3 is 2.80 bits per heavy atom. The Balaban J connectivity index is 2.11. The summed E-state index contributed by atoms with van der Waals surface area (Å²) in [6.07, 6.45) is 0.904. The van der Waals surface area contributed by atoms with Crippen LogP contribution in [0, 0.1) is 6.92 Å². The maximum absolute atomic E-state index is 11.4. The number of carbonyl (C=O) groups excluding carboxylic acids is 1. The molecular weight excluding hydrogens is 256 g/mol. The zero-order chi connectivity index (χ0) is 14.5. The molecule has 1 amide bonds. The molecule has 1 aromatic heterocycles. The highest BCUT2D eigenvalue weighted by Gasteiger charge is 2.14. The molecule has 0 aliphatic heterocycles. The zero-order valence-electron chi connectivity index (χ0n) is 11.6. The number of amides is 1. The minimum atomic E-state index is -0.451. The maximum Gasteiger partial charge on any atom is 0.300 e. The Kier molecular flexibility index (Phi) is 4.42. The third kappa shape index (κ3) is 3.00. The number of benzene rings is 1. The lowest BCUT2D eigenvalue weighted by molar-refractivity contribution is 0.0924. The highest BCUT2D eigenvalue weighted by Crippen LogP contribution is 2.22. The molecule has 0 spiro atoms. The number of aryl methyl sites for hydroxylation is 2. The molecule has 0 atom stereocenters. The van der Waals surface area contributed by atoms with Crippen molar-refractivity contribution in [1.29, 1.82) is 0 Å². The van der Waals surface area contributed by atoms with Gasteiger partial charge >= 0.3 is 5.91 Å². The summed E-state index contributed by atoms with van der Waals surface area (Å²) in [4.78, 5) is 11.4. The standard InChI is InChI=1S/C15H18N2O3/c1-3-11-6-4-5-7-13(11)19-9-12-8-14(15(18)17-16)20-10(12)2/h4-8H,3,9,16H2,1-2H3,(H,17,18). The van der Waals surface area contributed by atoms with E-state index in [1.165, 1.54) is 0 Å². The van der Waals surface area contributed by atoms with E-state index < -0.39 is 5.91 Å². The molecule has 20 heavy (non-hydrogen) atoms. The van der Waals surface area contributed by atoms with Crippen molar-refractivity contribution in [3.63, 3.8) is 0 Å². The van der Waals surface area contributed by atoms with E-state index in [1.54, 1.807) is 13.0 Å². The van der Waals surface area contributed by atoms with Crippen LogP contribution in [0.15, 0.2) is 34.7 Å². The Hall–Kier alpha value is -2.27. The fourth-order valence-electron chi connectivity index (χ4n) is 1.94. The molecule has 1 heterocycles. The fourth-order valence-corrected chi connectivity index (χ4v) is 1.94. The number of rotatable bonds is 5. The molecule has 0 bridgehead atoms. The van der Waals surface area contributed by atoms with Gasteiger partial charge in [0.15, 0.2) is 5.76 Å². The molecule has 0 unspecified atom stereocenters. The van der Waals surface area contributed by atoms with Gasteiger partial charge < -0.3 is 9.15 Å². The fraction of sp³-hybridized carbons (Fsp3) is 0.267. The summed E-state index contributed by atoms with van der Waals surface area (Å²) in [5.74, 6) is 6.31. The van der Waals surface area contributed by atoms with E-state index in [-0.39, 0.29) is 5.76 Å². The number of hydrogen-bond acceptors (Lipinski definition) is 4. The number of nitrogen functional groups attached to an aromatic ring is 1. The Morgan fingerprint density at radius 1 is 1.35 bits per heavy atom. The summed E-state index contributed by atoms with van der Waals surface area (Å²) in [6.45, 7) is 4.22. The molecule has 0 saturated carbocycles. The Bertz CT molecular complexity index is 605. The lowest BCUT2D eigenvalue weighted by Gasteiger charge is -2.09. The summed E-state index contributed by atoms with van der Waals surface area (Å²) < 4.78 is 11.1. The first-order valence-corrected chi connectivity index (χ1v) is 6.46. The molecule has 5 nitrogen and oxygen atoms in total. The van der Waals surface area contributed by atoms with Gasteiger partial charge in [0, 0.05) is 5.56 Å². The third-order valence-corrected chi connectivity index (χ3v) is 3.11. The number of nitrogens with two attached hydrogens (primary N) is 1. The van der Waals surface area contributed by atoms with Crippen molar-refractivity contribution in [2.75, 3.05) is 0 Å². The monoisotopic (exact) mass is 274 g/mol. The van der Waals surface area contributed by atoms with Gasteiger partial charge in [-0.3, -0.25) is 10.2 Å². The number of nitrogens with one attached hydrogen (secondary N) is 1. The molecule has 0 aliphatic rings. The lowest BCUT2D eigenvalue weighted by atomic mass is 10.1. The summed E-state index contributed by atoms with van der Waals surface area (Å²) in [7, 11) is 0. The predicted octanol–water partition coefficient (Wildman–Crippen LogP) is 2.33. The summed E-state index contributed by atoms with van der Waals surface area (Å²) in [5, 5.41) is 0. The van der Waals surface area contributed by atoms with Gasteiger partial charge in [-0.15, -0.1) is 0 Å². The summed E-state index contributed by atoms with van der Waals surface area (Å²) >= 11 is 0. The van der Waals surface area contributed by atoms with Gasteiger partial charge in [-0.05, 0) is 31.0 Å². The van der Waals surface area contributed by atoms with Crippen LogP contribution >= 0.6 is 0 Å². The second-order valence-corrected chi connectivity index (χ2v) is 4.42. The molecule has 106 valence electrons. The first-order valence-electron chi connectivity index (χ1n) is 6.46. The van der Waals surface area contributed by atoms with Gasteiger partial charge in [0.1, 0.15) is 18.1 Å². The van der Waals surface area contributed by atoms with E-state index in [4.69, 9.17) is 15.0 Å². The van der Waals surface area contributed by atoms with E-state index in [0.717, 1.165) is 23.3 Å². The lowest BCUT2D eigenvalue weighted by Crippen LogP contribution is -2.29. The minimum Gasteiger partial charge on any atom is -0.488 e. The molecule has 1 aromatic carbocycles. The van der Waals surface area contributed by atoms with E-state index in [1.807, 2.05) is 29.7 Å². The SMILES string of the molecule is CCc1ccccc1OCc1cc(C(=O)NN)oc1C. The average Bonchev–Trinajstić information content (AvgIpc) is 2.85. The van der Waals surface area contributed by atoms with E-state index >= 15 is 0 Å². The van der Waals surface area contributed by atoms with E-state index in [9.17, 15) is 4.79 Å². The number of ether oxygens (including phenoxy) is 1. The minimum absolute atomic E-state index is 0.187. The highest BCUT2D eigenvalue weighted by atomic mass is 16.5. The van der Waals surface area contributed by atoms with Crippen molar-refractivity contribution in [3.8, 4) is 5.75 Å². The van der Waals surface area contributed by atoms with Crippen molar-refractivity contribution in [1.82, 2.24) is 5.43 Å². The topological polar surface area (TPSA) is 77.5 Å². The zero-order valence-corrected chi connectivity index (χ0v) is 11.6. The molecule has 0 saturated heterocycles. The van der Waals surface area contributed by atoms with Gasteiger partial charge in [-0.2, -0.15) is 0 Å². The normalized spacial score (nSPS) is 10.3. The predicted molar refractivity (Wildman–Crippen MR) is 75.3 cm³/mol. The number of carbonyl (C=O) groups is 1. The molecule has 5 heteroatoms. The van der Waals surface area contributed by atoms with Crippen LogP contribution in [0.2, 0.25) is 0 Å². The van der Waals surface area contributed by atoms with Crippen LogP contribution in [0.4, 0.5) is 0 Å². The van der Waals surface area contributed by atoms with Gasteiger partial charge in [-0.1, -0.05) is 25.1 Å². The second kappa shape index (κ2) is 6.25.